The number of hydrogen-bond acceptors (Lipinski definition) is 3. The Kier molecular flexibility index (Phi) is 6.26. The molecule has 1 aromatic carbocycles. The second-order valence-corrected chi connectivity index (χ2v) is 6.31. The highest BCUT2D eigenvalue weighted by molar-refractivity contribution is 5.79. The summed E-state index contributed by atoms with van der Waals surface area (Å²) in [5, 5.41) is 6.88. The van der Waals surface area contributed by atoms with Crippen molar-refractivity contribution in [3.8, 4) is 5.75 Å². The van der Waals surface area contributed by atoms with Crippen LogP contribution >= 0.6 is 0 Å². The van der Waals surface area contributed by atoms with Gasteiger partial charge in [-0.3, -0.25) is 9.98 Å². The number of nitrogens with zero attached hydrogens (tertiary/aromatic N) is 2. The summed E-state index contributed by atoms with van der Waals surface area (Å²) in [5.74, 6) is 1.72. The fourth-order valence-electron chi connectivity index (χ4n) is 3.03. The van der Waals surface area contributed by atoms with Crippen LogP contribution < -0.4 is 15.4 Å². The van der Waals surface area contributed by atoms with E-state index in [9.17, 15) is 0 Å². The van der Waals surface area contributed by atoms with Gasteiger partial charge in [0.25, 0.3) is 0 Å². The molecule has 132 valence electrons. The van der Waals surface area contributed by atoms with Gasteiger partial charge in [-0.25, -0.2) is 0 Å². The van der Waals surface area contributed by atoms with E-state index in [1.165, 1.54) is 25.7 Å². The average molecular weight is 338 g/mol. The fourth-order valence-corrected chi connectivity index (χ4v) is 3.03. The van der Waals surface area contributed by atoms with Crippen LogP contribution in [0.1, 0.15) is 36.9 Å². The maximum Gasteiger partial charge on any atom is 0.191 e. The zero-order valence-electron chi connectivity index (χ0n) is 14.7. The summed E-state index contributed by atoms with van der Waals surface area (Å²) in [6.45, 7) is 1.19. The van der Waals surface area contributed by atoms with Crippen molar-refractivity contribution in [2.45, 2.75) is 44.9 Å². The molecule has 1 aliphatic carbocycles. The van der Waals surface area contributed by atoms with Crippen molar-refractivity contribution >= 4 is 5.96 Å². The van der Waals surface area contributed by atoms with Gasteiger partial charge >= 0.3 is 0 Å². The molecule has 0 spiro atoms. The number of hydrogen-bond donors (Lipinski definition) is 2. The number of ether oxygens (including phenoxy) is 1. The van der Waals surface area contributed by atoms with Crippen LogP contribution in [0.4, 0.5) is 0 Å². The molecule has 25 heavy (non-hydrogen) atoms. The minimum absolute atomic E-state index is 0.475. The van der Waals surface area contributed by atoms with Gasteiger partial charge in [-0.2, -0.15) is 0 Å². The number of guanidine groups is 1. The molecule has 5 heteroatoms. The van der Waals surface area contributed by atoms with Crippen LogP contribution in [0.5, 0.6) is 5.75 Å². The normalized spacial score (nSPS) is 15.2. The molecule has 0 aliphatic heterocycles. The summed E-state index contributed by atoms with van der Waals surface area (Å²) < 4.78 is 5.84. The highest BCUT2D eigenvalue weighted by Crippen LogP contribution is 2.17. The van der Waals surface area contributed by atoms with Gasteiger partial charge in [0.05, 0.1) is 5.69 Å². The van der Waals surface area contributed by atoms with E-state index in [1.807, 2.05) is 37.4 Å². The van der Waals surface area contributed by atoms with Crippen molar-refractivity contribution in [1.29, 1.82) is 0 Å². The van der Waals surface area contributed by atoms with Crippen molar-refractivity contribution in [1.82, 2.24) is 15.6 Å². The van der Waals surface area contributed by atoms with E-state index < -0.39 is 0 Å². The second-order valence-electron chi connectivity index (χ2n) is 6.31. The Morgan fingerprint density at radius 1 is 1.20 bits per heavy atom. The van der Waals surface area contributed by atoms with E-state index >= 15 is 0 Å². The molecule has 1 saturated carbocycles. The first-order valence-corrected chi connectivity index (χ1v) is 8.92. The molecule has 0 unspecified atom stereocenters. The Morgan fingerprint density at radius 3 is 2.84 bits per heavy atom. The molecule has 0 bridgehead atoms. The first-order chi connectivity index (χ1) is 12.3. The monoisotopic (exact) mass is 338 g/mol. The Bertz CT molecular complexity index is 681. The van der Waals surface area contributed by atoms with Gasteiger partial charge in [0.1, 0.15) is 12.4 Å². The van der Waals surface area contributed by atoms with E-state index in [0.717, 1.165) is 23.0 Å². The Morgan fingerprint density at radius 2 is 2.08 bits per heavy atom. The first kappa shape index (κ1) is 17.3. The van der Waals surface area contributed by atoms with Crippen molar-refractivity contribution in [2.24, 2.45) is 4.99 Å². The number of nitrogens with one attached hydrogen (secondary N) is 2. The molecule has 1 fully saturated rings. The minimum Gasteiger partial charge on any atom is -0.487 e. The first-order valence-electron chi connectivity index (χ1n) is 8.92. The lowest BCUT2D eigenvalue weighted by molar-refractivity contribution is 0.301. The summed E-state index contributed by atoms with van der Waals surface area (Å²) in [7, 11) is 1.82. The summed E-state index contributed by atoms with van der Waals surface area (Å²) in [6.07, 6.45) is 6.87. The summed E-state index contributed by atoms with van der Waals surface area (Å²) >= 11 is 0. The molecule has 1 aliphatic rings. The quantitative estimate of drug-likeness (QED) is 0.627. The van der Waals surface area contributed by atoms with E-state index in [-0.39, 0.29) is 0 Å². The summed E-state index contributed by atoms with van der Waals surface area (Å²) in [4.78, 5) is 8.59. The average Bonchev–Trinajstić information content (AvgIpc) is 3.18. The molecule has 1 aromatic heterocycles. The van der Waals surface area contributed by atoms with Crippen LogP contribution in [-0.4, -0.2) is 24.0 Å². The Hall–Kier alpha value is -2.56. The van der Waals surface area contributed by atoms with Crippen molar-refractivity contribution in [3.05, 3.63) is 59.9 Å². The van der Waals surface area contributed by atoms with Crippen LogP contribution in [0.3, 0.4) is 0 Å². The summed E-state index contributed by atoms with van der Waals surface area (Å²) in [5.41, 5.74) is 2.08. The van der Waals surface area contributed by atoms with Crippen LogP contribution in [0.25, 0.3) is 0 Å². The molecule has 5 nitrogen and oxygen atoms in total. The van der Waals surface area contributed by atoms with Gasteiger partial charge < -0.3 is 15.4 Å². The Balaban J connectivity index is 1.50. The third-order valence-corrected chi connectivity index (χ3v) is 4.39. The van der Waals surface area contributed by atoms with Crippen LogP contribution in [0.2, 0.25) is 0 Å². The molecule has 2 aromatic rings. The van der Waals surface area contributed by atoms with Gasteiger partial charge in [-0.1, -0.05) is 31.0 Å². The van der Waals surface area contributed by atoms with Gasteiger partial charge in [0.15, 0.2) is 5.96 Å². The molecule has 0 saturated heterocycles. The topological polar surface area (TPSA) is 58.5 Å². The zero-order chi connectivity index (χ0) is 17.3. The predicted octanol–water partition coefficient (Wildman–Crippen LogP) is 3.27. The maximum atomic E-state index is 5.84. The molecule has 0 radical (unpaired) electrons. The summed E-state index contributed by atoms with van der Waals surface area (Å²) in [6, 6.07) is 14.5. The highest BCUT2D eigenvalue weighted by atomic mass is 16.5. The largest absolute Gasteiger partial charge is 0.487 e. The number of aliphatic imine (C=N–C) groups is 1. The molecule has 2 N–H and O–H groups in total. The number of benzene rings is 1. The predicted molar refractivity (Wildman–Crippen MR) is 101 cm³/mol. The highest BCUT2D eigenvalue weighted by Gasteiger charge is 2.15. The smallest absolute Gasteiger partial charge is 0.191 e. The minimum atomic E-state index is 0.475. The lowest BCUT2D eigenvalue weighted by Gasteiger charge is -2.17. The number of aromatic nitrogens is 1. The van der Waals surface area contributed by atoms with Crippen molar-refractivity contribution in [3.63, 3.8) is 0 Å². The maximum absolute atomic E-state index is 5.84. The van der Waals surface area contributed by atoms with E-state index in [0.29, 0.717) is 19.2 Å². The lowest BCUT2D eigenvalue weighted by atomic mass is 10.2. The van der Waals surface area contributed by atoms with Gasteiger partial charge in [-0.15, -0.1) is 0 Å². The van der Waals surface area contributed by atoms with E-state index in [2.05, 4.69) is 32.7 Å². The molecule has 0 amide bonds. The molecule has 0 atom stereocenters. The Labute approximate surface area is 149 Å². The van der Waals surface area contributed by atoms with Crippen molar-refractivity contribution in [2.75, 3.05) is 7.05 Å². The van der Waals surface area contributed by atoms with Crippen LogP contribution in [0.15, 0.2) is 53.7 Å². The van der Waals surface area contributed by atoms with Gasteiger partial charge in [0.2, 0.25) is 0 Å². The second kappa shape index (κ2) is 9.06. The third-order valence-electron chi connectivity index (χ3n) is 4.39. The molecular weight excluding hydrogens is 312 g/mol. The van der Waals surface area contributed by atoms with E-state index in [4.69, 9.17) is 4.74 Å². The van der Waals surface area contributed by atoms with Gasteiger partial charge in [0, 0.05) is 25.8 Å². The lowest BCUT2D eigenvalue weighted by Crippen LogP contribution is -2.41. The molecule has 1 heterocycles. The molecule has 3 rings (SSSR count). The van der Waals surface area contributed by atoms with Crippen LogP contribution in [-0.2, 0) is 13.2 Å². The number of pyridine rings is 1. The standard InChI is InChI=1S/C20H26N4O/c1-21-20(24-17-8-2-3-9-17)23-14-16-7-6-11-19(13-16)25-15-18-10-4-5-12-22-18/h4-7,10-13,17H,2-3,8-9,14-15H2,1H3,(H2,21,23,24). The zero-order valence-corrected chi connectivity index (χ0v) is 14.7. The van der Waals surface area contributed by atoms with Crippen LogP contribution in [0, 0.1) is 0 Å². The molecular formula is C20H26N4O. The SMILES string of the molecule is CN=C(NCc1cccc(OCc2ccccn2)c1)NC1CCCC1. The van der Waals surface area contributed by atoms with Crippen molar-refractivity contribution < 1.29 is 4.74 Å². The third kappa shape index (κ3) is 5.48. The fraction of sp³-hybridized carbons (Fsp3) is 0.400. The van der Waals surface area contributed by atoms with Gasteiger partial charge in [-0.05, 0) is 42.7 Å². The number of rotatable bonds is 6. The van der Waals surface area contributed by atoms with E-state index in [1.54, 1.807) is 6.20 Å².